The molecular formula is C16H19NO4S. The number of fused-ring (bicyclic) bond motifs is 1. The molecule has 0 unspecified atom stereocenters. The summed E-state index contributed by atoms with van der Waals surface area (Å²) in [5, 5.41) is 13.3. The number of thiophene rings is 1. The number of carboxylic acid groups (broad SMARTS) is 1. The summed E-state index contributed by atoms with van der Waals surface area (Å²) in [6.45, 7) is 5.38. The van der Waals surface area contributed by atoms with Gasteiger partial charge in [-0.15, -0.1) is 11.3 Å². The van der Waals surface area contributed by atoms with Gasteiger partial charge < -0.3 is 9.84 Å². The molecule has 2 aromatic rings. The number of anilines is 1. The highest BCUT2D eigenvalue weighted by Crippen LogP contribution is 2.36. The fraction of sp³-hybridized carbons (Fsp3) is 0.375. The van der Waals surface area contributed by atoms with Gasteiger partial charge in [0.15, 0.2) is 0 Å². The van der Waals surface area contributed by atoms with E-state index in [0.29, 0.717) is 11.4 Å². The van der Waals surface area contributed by atoms with Gasteiger partial charge in [-0.2, -0.15) is 0 Å². The Morgan fingerprint density at radius 1 is 1.27 bits per heavy atom. The maximum atomic E-state index is 12.0. The Morgan fingerprint density at radius 3 is 2.59 bits per heavy atom. The van der Waals surface area contributed by atoms with Gasteiger partial charge in [-0.1, -0.05) is 18.2 Å². The van der Waals surface area contributed by atoms with Crippen LogP contribution >= 0.6 is 11.3 Å². The van der Waals surface area contributed by atoms with Crippen molar-refractivity contribution in [3.05, 3.63) is 29.8 Å². The highest BCUT2D eigenvalue weighted by Gasteiger charge is 2.19. The van der Waals surface area contributed by atoms with Crippen molar-refractivity contribution in [2.45, 2.75) is 39.2 Å². The molecule has 1 amide bonds. The fourth-order valence-electron chi connectivity index (χ4n) is 2.08. The van der Waals surface area contributed by atoms with E-state index in [9.17, 15) is 9.59 Å². The summed E-state index contributed by atoms with van der Waals surface area (Å²) in [6.07, 6.45) is -0.149. The van der Waals surface area contributed by atoms with E-state index in [4.69, 9.17) is 9.84 Å². The van der Waals surface area contributed by atoms with E-state index in [1.165, 1.54) is 11.3 Å². The van der Waals surface area contributed by atoms with Crippen LogP contribution in [0.2, 0.25) is 0 Å². The molecule has 0 radical (unpaired) electrons. The summed E-state index contributed by atoms with van der Waals surface area (Å²) in [5.41, 5.74) is 0.260. The minimum absolute atomic E-state index is 0.0176. The van der Waals surface area contributed by atoms with Gasteiger partial charge in [-0.25, -0.2) is 4.79 Å². The Hall–Kier alpha value is -2.08. The summed E-state index contributed by atoms with van der Waals surface area (Å²) < 4.78 is 6.27. The van der Waals surface area contributed by atoms with Gasteiger partial charge in [0, 0.05) is 11.1 Å². The lowest BCUT2D eigenvalue weighted by atomic mass is 10.1. The third-order valence-corrected chi connectivity index (χ3v) is 4.03. The smallest absolute Gasteiger partial charge is 0.412 e. The highest BCUT2D eigenvalue weighted by molar-refractivity contribution is 7.23. The summed E-state index contributed by atoms with van der Waals surface area (Å²) >= 11 is 1.43. The van der Waals surface area contributed by atoms with Crippen LogP contribution < -0.4 is 5.32 Å². The number of hydrogen-bond acceptors (Lipinski definition) is 4. The lowest BCUT2D eigenvalue weighted by molar-refractivity contribution is -0.136. The first kappa shape index (κ1) is 16.3. The Morgan fingerprint density at radius 2 is 1.95 bits per heavy atom. The predicted octanol–water partition coefficient (Wildman–Crippen LogP) is 4.27. The second-order valence-electron chi connectivity index (χ2n) is 5.93. The molecule has 22 heavy (non-hydrogen) atoms. The first-order valence-electron chi connectivity index (χ1n) is 6.98. The number of carbonyl (C=O) groups is 2. The molecular weight excluding hydrogens is 302 g/mol. The minimum atomic E-state index is -0.863. The number of aryl methyl sites for hydroxylation is 1. The molecule has 2 rings (SSSR count). The van der Waals surface area contributed by atoms with Crippen LogP contribution in [0.15, 0.2) is 24.3 Å². The van der Waals surface area contributed by atoms with Crippen LogP contribution in [-0.2, 0) is 16.0 Å². The molecule has 0 bridgehead atoms. The van der Waals surface area contributed by atoms with Crippen LogP contribution in [0.3, 0.4) is 0 Å². The Bertz CT molecular complexity index is 700. The predicted molar refractivity (Wildman–Crippen MR) is 87.6 cm³/mol. The summed E-state index contributed by atoms with van der Waals surface area (Å²) in [4.78, 5) is 22.8. The number of carbonyl (C=O) groups excluding carboxylic acids is 1. The average Bonchev–Trinajstić information content (AvgIpc) is 2.71. The van der Waals surface area contributed by atoms with Crippen molar-refractivity contribution < 1.29 is 19.4 Å². The Labute approximate surface area is 132 Å². The maximum absolute atomic E-state index is 12.0. The largest absolute Gasteiger partial charge is 0.481 e. The van der Waals surface area contributed by atoms with Crippen LogP contribution in [0.25, 0.3) is 10.1 Å². The van der Waals surface area contributed by atoms with E-state index < -0.39 is 17.7 Å². The monoisotopic (exact) mass is 321 g/mol. The second kappa shape index (κ2) is 6.36. The van der Waals surface area contributed by atoms with Crippen LogP contribution in [0.1, 0.15) is 32.8 Å². The molecule has 1 aromatic carbocycles. The minimum Gasteiger partial charge on any atom is -0.481 e. The zero-order valence-corrected chi connectivity index (χ0v) is 13.6. The SMILES string of the molecule is CC(C)(C)OC(=O)Nc1sc2ccccc2c1CCC(=O)O. The molecule has 0 aliphatic heterocycles. The highest BCUT2D eigenvalue weighted by atomic mass is 32.1. The van der Waals surface area contributed by atoms with Gasteiger partial charge >= 0.3 is 12.1 Å². The standard InChI is InChI=1S/C16H19NO4S/c1-16(2,3)21-15(20)17-14-11(8-9-13(18)19)10-6-4-5-7-12(10)22-14/h4-7H,8-9H2,1-3H3,(H,17,20)(H,18,19). The molecule has 2 N–H and O–H groups in total. The van der Waals surface area contributed by atoms with E-state index in [0.717, 1.165) is 15.6 Å². The molecule has 118 valence electrons. The van der Waals surface area contributed by atoms with Gasteiger partial charge in [0.05, 0.1) is 0 Å². The zero-order chi connectivity index (χ0) is 16.3. The number of nitrogens with one attached hydrogen (secondary N) is 1. The summed E-state index contributed by atoms with van der Waals surface area (Å²) in [6, 6.07) is 7.70. The number of ether oxygens (including phenoxy) is 1. The van der Waals surface area contributed by atoms with Crippen molar-refractivity contribution in [1.29, 1.82) is 0 Å². The molecule has 1 aromatic heterocycles. The average molecular weight is 321 g/mol. The zero-order valence-electron chi connectivity index (χ0n) is 12.8. The number of carboxylic acids is 1. The molecule has 0 aliphatic carbocycles. The van der Waals surface area contributed by atoms with Crippen LogP contribution in [0, 0.1) is 0 Å². The topological polar surface area (TPSA) is 75.6 Å². The summed E-state index contributed by atoms with van der Waals surface area (Å²) in [7, 11) is 0. The molecule has 6 heteroatoms. The fourth-order valence-corrected chi connectivity index (χ4v) is 3.21. The van der Waals surface area contributed by atoms with E-state index >= 15 is 0 Å². The Kier molecular flexibility index (Phi) is 4.71. The van der Waals surface area contributed by atoms with Crippen LogP contribution in [0.4, 0.5) is 9.80 Å². The van der Waals surface area contributed by atoms with Gasteiger partial charge in [-0.3, -0.25) is 10.1 Å². The van der Waals surface area contributed by atoms with Crippen molar-refractivity contribution in [3.63, 3.8) is 0 Å². The third kappa shape index (κ3) is 4.21. The van der Waals surface area contributed by atoms with Crippen LogP contribution in [-0.4, -0.2) is 22.8 Å². The Balaban J connectivity index is 2.29. The molecule has 5 nitrogen and oxygen atoms in total. The van der Waals surface area contributed by atoms with Gasteiger partial charge in [0.2, 0.25) is 0 Å². The first-order chi connectivity index (χ1) is 10.3. The number of aliphatic carboxylic acids is 1. The lowest BCUT2D eigenvalue weighted by Crippen LogP contribution is -2.27. The van der Waals surface area contributed by atoms with Crippen molar-refractivity contribution in [3.8, 4) is 0 Å². The van der Waals surface area contributed by atoms with Crippen LogP contribution in [0.5, 0.6) is 0 Å². The molecule has 0 saturated heterocycles. The maximum Gasteiger partial charge on any atom is 0.412 e. The van der Waals surface area contributed by atoms with E-state index in [1.54, 1.807) is 20.8 Å². The van der Waals surface area contributed by atoms with Gasteiger partial charge in [0.1, 0.15) is 10.6 Å². The molecule has 0 saturated carbocycles. The normalized spacial score (nSPS) is 11.4. The van der Waals surface area contributed by atoms with E-state index in [1.807, 2.05) is 24.3 Å². The van der Waals surface area contributed by atoms with Crippen molar-refractivity contribution in [2.24, 2.45) is 0 Å². The van der Waals surface area contributed by atoms with Crippen molar-refractivity contribution in [1.82, 2.24) is 0 Å². The van der Waals surface area contributed by atoms with Gasteiger partial charge in [0.25, 0.3) is 0 Å². The first-order valence-corrected chi connectivity index (χ1v) is 7.80. The van der Waals surface area contributed by atoms with E-state index in [-0.39, 0.29) is 6.42 Å². The van der Waals surface area contributed by atoms with Crippen molar-refractivity contribution in [2.75, 3.05) is 5.32 Å². The quantitative estimate of drug-likeness (QED) is 0.882. The lowest BCUT2D eigenvalue weighted by Gasteiger charge is -2.19. The number of benzene rings is 1. The van der Waals surface area contributed by atoms with Crippen molar-refractivity contribution >= 4 is 38.5 Å². The molecule has 1 heterocycles. The molecule has 0 atom stereocenters. The summed E-state index contributed by atoms with van der Waals surface area (Å²) in [5.74, 6) is -0.863. The number of amides is 1. The number of rotatable bonds is 4. The third-order valence-electron chi connectivity index (χ3n) is 2.90. The molecule has 0 aliphatic rings. The molecule has 0 spiro atoms. The van der Waals surface area contributed by atoms with E-state index in [2.05, 4.69) is 5.32 Å². The second-order valence-corrected chi connectivity index (χ2v) is 6.98. The number of hydrogen-bond donors (Lipinski definition) is 2. The molecule has 0 fully saturated rings. The van der Waals surface area contributed by atoms with Gasteiger partial charge in [-0.05, 0) is 44.2 Å².